The van der Waals surface area contributed by atoms with Gasteiger partial charge in [0, 0.05) is 173 Å². The normalized spacial score (nSPS) is 16.6. The van der Waals surface area contributed by atoms with Gasteiger partial charge in [-0.1, -0.05) is 127 Å². The first-order valence-corrected chi connectivity index (χ1v) is 62.3. The van der Waals surface area contributed by atoms with E-state index in [0.29, 0.717) is 92.8 Å². The zero-order valence-corrected chi connectivity index (χ0v) is 91.0. The molecule has 766 valence electrons. The zero-order valence-electron chi connectivity index (χ0n) is 85.3. The van der Waals surface area contributed by atoms with E-state index >= 15 is 0 Å². The molecule has 7 saturated heterocycles. The first kappa shape index (κ1) is 110. The fourth-order valence-electron chi connectivity index (χ4n) is 19.6. The number of ether oxygens (including phenoxy) is 10. The van der Waals surface area contributed by atoms with Gasteiger partial charge in [0.1, 0.15) is 139 Å². The van der Waals surface area contributed by atoms with Gasteiger partial charge in [0.05, 0.1) is 6.61 Å². The molecule has 0 aliphatic carbocycles. The number of benzene rings is 14. The van der Waals surface area contributed by atoms with Crippen molar-refractivity contribution in [2.75, 3.05) is 142 Å². The summed E-state index contributed by atoms with van der Waals surface area (Å²) in [5.74, 6) is 23.8. The summed E-state index contributed by atoms with van der Waals surface area (Å²) in [5, 5.41) is 16.7. The van der Waals surface area contributed by atoms with Crippen LogP contribution in [0.2, 0.25) is 0 Å². The van der Waals surface area contributed by atoms with E-state index in [1.54, 1.807) is 43.3 Å². The van der Waals surface area contributed by atoms with E-state index in [4.69, 9.17) is 47.4 Å². The zero-order chi connectivity index (χ0) is 101. The Morgan fingerprint density at radius 1 is 0.194 bits per heavy atom. The minimum Gasteiger partial charge on any atom is -0.491 e. The van der Waals surface area contributed by atoms with E-state index in [2.05, 4.69) is 224 Å². The number of fused-ring (bicyclic) bond motifs is 7. The van der Waals surface area contributed by atoms with Gasteiger partial charge in [-0.05, 0) is 285 Å². The summed E-state index contributed by atoms with van der Waals surface area (Å²) in [6.45, 7) is 12.0. The van der Waals surface area contributed by atoms with Crippen LogP contribution < -0.4 is 33.2 Å². The minimum atomic E-state index is -4.31. The van der Waals surface area contributed by atoms with Crippen LogP contribution in [-0.4, -0.2) is 165 Å². The molecule has 7 aliphatic rings. The van der Waals surface area contributed by atoms with Crippen LogP contribution in [0.4, 0.5) is 26.3 Å². The minimum absolute atomic E-state index is 0.153. The highest BCUT2D eigenvalue weighted by Gasteiger charge is 2.38. The summed E-state index contributed by atoms with van der Waals surface area (Å²) in [6, 6.07) is 87.9. The highest BCUT2D eigenvalue weighted by molar-refractivity contribution is 7.99. The molecule has 0 unspecified atom stereocenters. The molecule has 23 heteroatoms. The number of hydrogen-bond donors (Lipinski definition) is 0. The van der Waals surface area contributed by atoms with Crippen LogP contribution in [-0.2, 0) is 90.5 Å². The third-order valence-corrected chi connectivity index (χ3v) is 43.9. The summed E-state index contributed by atoms with van der Waals surface area (Å²) in [4.78, 5) is 10.2. The van der Waals surface area contributed by atoms with Gasteiger partial charge >= 0.3 is 12.4 Å². The van der Waals surface area contributed by atoms with Crippen molar-refractivity contribution in [2.45, 2.75) is 215 Å². The van der Waals surface area contributed by atoms with Crippen LogP contribution >= 0.6 is 0 Å². The topological polar surface area (TPSA) is 92.3 Å². The van der Waals surface area contributed by atoms with Crippen molar-refractivity contribution in [3.05, 3.63) is 255 Å². The highest BCUT2D eigenvalue weighted by atomic mass is 32.2. The Kier molecular flexibility index (Phi) is 41.1. The Morgan fingerprint density at radius 2 is 0.368 bits per heavy atom. The summed E-state index contributed by atoms with van der Waals surface area (Å²) in [6.07, 6.45) is 15.6. The fraction of sp³-hybridized carbons (Fsp3) is 0.421. The lowest BCUT2D eigenvalue weighted by molar-refractivity contribution is -0.153. The number of alkyl halides is 6. The lowest BCUT2D eigenvalue weighted by Crippen LogP contribution is -2.23. The van der Waals surface area contributed by atoms with Crippen molar-refractivity contribution in [2.24, 2.45) is 0 Å². The summed E-state index contributed by atoms with van der Waals surface area (Å²) < 4.78 is 129. The van der Waals surface area contributed by atoms with Crippen molar-refractivity contribution in [3.63, 3.8) is 0 Å². The third kappa shape index (κ3) is 30.8. The molecule has 14 aromatic rings. The Labute approximate surface area is 870 Å². The number of halogens is 6. The van der Waals surface area contributed by atoms with Crippen LogP contribution in [0, 0.1) is 0 Å². The molecule has 21 rings (SSSR count). The molecule has 0 atom stereocenters. The van der Waals surface area contributed by atoms with E-state index in [9.17, 15) is 26.3 Å². The maximum atomic E-state index is 12.4. The first-order valence-electron chi connectivity index (χ1n) is 51.3. The van der Waals surface area contributed by atoms with E-state index in [0.717, 1.165) is 50.3 Å². The van der Waals surface area contributed by atoms with Gasteiger partial charge in [-0.2, -0.15) is 26.3 Å². The molecular weight excluding hydrogens is 1950 g/mol. The highest BCUT2D eigenvalue weighted by Crippen LogP contribution is 2.45. The Bertz CT molecular complexity index is 6410. The first-order chi connectivity index (χ1) is 69.9. The van der Waals surface area contributed by atoms with Crippen LogP contribution in [0.5, 0.6) is 40.2 Å². The van der Waals surface area contributed by atoms with E-state index in [-0.39, 0.29) is 33.0 Å². The number of rotatable bonds is 23. The van der Waals surface area contributed by atoms with Crippen LogP contribution in [0.3, 0.4) is 0 Å². The molecule has 7 fully saturated rings. The van der Waals surface area contributed by atoms with E-state index in [1.807, 2.05) is 60.7 Å². The predicted octanol–water partition coefficient (Wildman–Crippen LogP) is 31.1. The lowest BCUT2D eigenvalue weighted by atomic mass is 10.1. The van der Waals surface area contributed by atoms with Gasteiger partial charge in [-0.3, -0.25) is 0 Å². The summed E-state index contributed by atoms with van der Waals surface area (Å²) >= 11 is 0. The van der Waals surface area contributed by atoms with E-state index < -0.39 is 25.6 Å². The molecule has 0 aromatic heterocycles. The van der Waals surface area contributed by atoms with Crippen molar-refractivity contribution in [3.8, 4) is 40.2 Å². The standard InChI is InChI=1S/C19H25OS.C18H23O2S.C18H23OS.C17H18F3OS.C17H21O2S.C16H16F3OS.C16H19O2S/c1-19(2,3)20-17-11-12-18(21-13-7-4-8-14-21)16-10-6-5-9-15(16)17;1-19-11-12-20-17-9-10-18(21-13-5-2-6-14-21)16-8-4-3-7-15(16)17;1-18(2,3)19-16-10-11-17(20-12-6-7-13-20)15-9-5-4-8-14(15)16;18-17(19,20)12-21-15-8-9-16(22-10-4-1-5-11-22)14-7-3-2-6-13(14)15;1-18-13-19-16-9-10-17(20-11-5-2-6-12-20)15-8-4-3-7-14(15)16;17-16(18,19)11-20-14-7-8-15(21-9-3-4-10-21)13-6-2-1-5-12(13)14;1-17-12-18-15-8-9-16(19-10-4-5-11-19)14-7-3-2-6-13(14)15/h5-6,9-12H,4,7-8,13-14H2,1-3H3;3-4,7-10H,2,5-6,11-14H2,1H3;4-5,8-11H,6-7,12-13H2,1-3H3;2-3,6-9H,1,4-5,10-12H2;3-4,7-10H,2,5-6,11-13H2,1H3;1-2,5-8H,3-4,9-11H2;2-3,6-9H,4-5,10-12H2,1H3/q7*+1. The molecule has 0 bridgehead atoms. The number of hydrogen-bond acceptors (Lipinski definition) is 10. The van der Waals surface area contributed by atoms with Gasteiger partial charge < -0.3 is 47.4 Å². The SMILES string of the molecule is CC(C)(C)Oc1ccc([S+]2CCCC2)c2ccccc12.CC(C)(C)Oc1ccc([S+]2CCCCC2)c2ccccc12.COCCOc1ccc([S+]2CCCCC2)c2ccccc12.COCOc1ccc([S+]2CCCC2)c2ccccc12.COCOc1ccc([S+]2CCCCC2)c2ccccc12.FC(F)(F)COc1ccc([S+]2CCCC2)c2ccccc12.FC(F)(F)COc1ccc([S+]2CCCCC2)c2ccccc12. The predicted molar refractivity (Wildman–Crippen MR) is 605 cm³/mol. The van der Waals surface area contributed by atoms with Crippen LogP contribution in [0.25, 0.3) is 75.4 Å². The Morgan fingerprint density at radius 3 is 0.556 bits per heavy atom. The quantitative estimate of drug-likeness (QED) is 0.0267. The molecule has 7 aliphatic heterocycles. The molecule has 0 amide bonds. The van der Waals surface area contributed by atoms with Crippen molar-refractivity contribution < 1.29 is 73.7 Å². The van der Waals surface area contributed by atoms with Gasteiger partial charge in [0.2, 0.25) is 0 Å². The molecule has 144 heavy (non-hydrogen) atoms. The van der Waals surface area contributed by atoms with E-state index in [1.165, 1.54) is 274 Å². The molecule has 0 saturated carbocycles. The largest absolute Gasteiger partial charge is 0.491 e. The lowest BCUT2D eigenvalue weighted by Gasteiger charge is -2.23. The molecular formula is C121H145F6O10S7+7. The van der Waals surface area contributed by atoms with Crippen molar-refractivity contribution in [1.29, 1.82) is 0 Å². The van der Waals surface area contributed by atoms with Gasteiger partial charge in [0.15, 0.2) is 61.1 Å². The van der Waals surface area contributed by atoms with Crippen LogP contribution in [0.15, 0.2) is 289 Å². The molecule has 0 radical (unpaired) electrons. The van der Waals surface area contributed by atoms with Gasteiger partial charge in [-0.15, -0.1) is 0 Å². The third-order valence-electron chi connectivity index (χ3n) is 26.1. The monoisotopic (exact) mass is 2100 g/mol. The molecule has 0 spiro atoms. The maximum absolute atomic E-state index is 12.4. The second-order valence-corrected chi connectivity index (χ2v) is 54.8. The Balaban J connectivity index is 0.000000126. The van der Waals surface area contributed by atoms with Crippen LogP contribution in [0.1, 0.15) is 157 Å². The second kappa shape index (κ2) is 54.0. The Hall–Kier alpha value is -8.59. The molecule has 10 nitrogen and oxygen atoms in total. The summed E-state index contributed by atoms with van der Waals surface area (Å²) in [7, 11) is 7.59. The van der Waals surface area contributed by atoms with Crippen molar-refractivity contribution in [1.82, 2.24) is 0 Å². The fourth-order valence-corrected chi connectivity index (χ4v) is 37.1. The van der Waals surface area contributed by atoms with Gasteiger partial charge in [-0.25, -0.2) is 0 Å². The molecule has 14 aromatic carbocycles. The molecule has 0 N–H and O–H groups in total. The smallest absolute Gasteiger partial charge is 0.422 e. The molecule has 7 heterocycles. The van der Waals surface area contributed by atoms with Gasteiger partial charge in [0.25, 0.3) is 0 Å². The number of methoxy groups -OCH3 is 3. The maximum Gasteiger partial charge on any atom is 0.422 e. The summed E-state index contributed by atoms with van der Waals surface area (Å²) in [5.41, 5.74) is -0.308. The van der Waals surface area contributed by atoms with Crippen molar-refractivity contribution >= 4 is 152 Å². The average molecular weight is 2100 g/mol. The second-order valence-electron chi connectivity index (χ2n) is 39.1. The average Bonchev–Trinajstić information content (AvgIpc) is 1.77.